The summed E-state index contributed by atoms with van der Waals surface area (Å²) in [6, 6.07) is 0. The summed E-state index contributed by atoms with van der Waals surface area (Å²) in [5.74, 6) is 6.20. The highest BCUT2D eigenvalue weighted by atomic mass is 16.1. The van der Waals surface area contributed by atoms with Crippen LogP contribution in [-0.4, -0.2) is 12.5 Å². The van der Waals surface area contributed by atoms with Crippen molar-refractivity contribution >= 4 is 5.91 Å². The maximum atomic E-state index is 11.9. The van der Waals surface area contributed by atoms with Crippen molar-refractivity contribution in [1.82, 2.24) is 5.32 Å². The van der Waals surface area contributed by atoms with Gasteiger partial charge in [0.15, 0.2) is 0 Å². The number of hydrogen-bond donors (Lipinski definition) is 1. The van der Waals surface area contributed by atoms with Crippen LogP contribution in [0.2, 0.25) is 0 Å². The summed E-state index contributed by atoms with van der Waals surface area (Å²) in [6.07, 6.45) is 4.15. The summed E-state index contributed by atoms with van der Waals surface area (Å²) in [5, 5.41) is 2.97. The monoisotopic (exact) mass is 207 g/mol. The summed E-state index contributed by atoms with van der Waals surface area (Å²) < 4.78 is 0. The summed E-state index contributed by atoms with van der Waals surface area (Å²) in [6.45, 7) is 6.89. The molecule has 0 saturated heterocycles. The summed E-state index contributed by atoms with van der Waals surface area (Å²) in [4.78, 5) is 11.9. The Bertz CT molecular complexity index is 283. The number of nitrogens with one attached hydrogen (secondary N) is 1. The molecule has 1 amide bonds. The lowest BCUT2D eigenvalue weighted by Crippen LogP contribution is -2.36. The van der Waals surface area contributed by atoms with Crippen LogP contribution in [0.15, 0.2) is 0 Å². The van der Waals surface area contributed by atoms with Gasteiger partial charge in [-0.2, -0.15) is 0 Å². The number of hydrogen-bond acceptors (Lipinski definition) is 1. The molecular weight excluding hydrogens is 186 g/mol. The molecule has 15 heavy (non-hydrogen) atoms. The maximum absolute atomic E-state index is 11.9. The Balaban J connectivity index is 2.36. The smallest absolute Gasteiger partial charge is 0.223 e. The van der Waals surface area contributed by atoms with E-state index < -0.39 is 0 Å². The van der Waals surface area contributed by atoms with E-state index in [1.165, 1.54) is 12.8 Å². The zero-order valence-electron chi connectivity index (χ0n) is 10.0. The van der Waals surface area contributed by atoms with Crippen molar-refractivity contribution in [3.8, 4) is 11.8 Å². The molecule has 1 unspecified atom stereocenters. The third-order valence-electron chi connectivity index (χ3n) is 3.30. The third kappa shape index (κ3) is 3.27. The Morgan fingerprint density at radius 1 is 1.53 bits per heavy atom. The van der Waals surface area contributed by atoms with Crippen molar-refractivity contribution in [2.75, 3.05) is 6.54 Å². The maximum Gasteiger partial charge on any atom is 0.223 e. The van der Waals surface area contributed by atoms with Crippen molar-refractivity contribution in [3.05, 3.63) is 0 Å². The van der Waals surface area contributed by atoms with E-state index in [1.54, 1.807) is 0 Å². The fraction of sp³-hybridized carbons (Fsp3) is 0.769. The molecule has 0 heterocycles. The van der Waals surface area contributed by atoms with Gasteiger partial charge in [-0.25, -0.2) is 0 Å². The zero-order chi connectivity index (χ0) is 11.3. The molecule has 1 fully saturated rings. The van der Waals surface area contributed by atoms with E-state index in [2.05, 4.69) is 31.0 Å². The Labute approximate surface area is 92.8 Å². The second-order valence-corrected chi connectivity index (χ2v) is 4.90. The first-order chi connectivity index (χ1) is 7.08. The number of rotatable bonds is 3. The molecule has 1 N–H and O–H groups in total. The molecular formula is C13H21NO. The number of amides is 1. The van der Waals surface area contributed by atoms with Crippen molar-refractivity contribution in [2.24, 2.45) is 11.3 Å². The highest BCUT2D eigenvalue weighted by molar-refractivity contribution is 5.79. The molecule has 1 rings (SSSR count). The molecule has 1 aliphatic rings. The van der Waals surface area contributed by atoms with Gasteiger partial charge in [0.25, 0.3) is 0 Å². The molecule has 0 aliphatic heterocycles. The molecule has 0 aromatic carbocycles. The van der Waals surface area contributed by atoms with Crippen LogP contribution in [0.25, 0.3) is 0 Å². The largest absolute Gasteiger partial charge is 0.355 e. The van der Waals surface area contributed by atoms with Gasteiger partial charge >= 0.3 is 0 Å². The van der Waals surface area contributed by atoms with E-state index in [1.807, 2.05) is 6.92 Å². The normalized spacial score (nSPS) is 23.0. The van der Waals surface area contributed by atoms with Crippen molar-refractivity contribution in [1.29, 1.82) is 0 Å². The minimum absolute atomic E-state index is 0.181. The van der Waals surface area contributed by atoms with Crippen molar-refractivity contribution < 1.29 is 4.79 Å². The van der Waals surface area contributed by atoms with E-state index in [0.29, 0.717) is 6.54 Å². The molecule has 2 heteroatoms. The van der Waals surface area contributed by atoms with Crippen LogP contribution in [-0.2, 0) is 4.79 Å². The van der Waals surface area contributed by atoms with Crippen LogP contribution in [0.5, 0.6) is 0 Å². The zero-order valence-corrected chi connectivity index (χ0v) is 10.0. The fourth-order valence-corrected chi connectivity index (χ4v) is 2.31. The lowest BCUT2D eigenvalue weighted by atomic mass is 9.81. The second kappa shape index (κ2) is 5.21. The highest BCUT2D eigenvalue weighted by Gasteiger charge is 2.38. The van der Waals surface area contributed by atoms with Crippen LogP contribution >= 0.6 is 0 Å². The van der Waals surface area contributed by atoms with Gasteiger partial charge in [-0.1, -0.05) is 20.3 Å². The van der Waals surface area contributed by atoms with Gasteiger partial charge in [-0.3, -0.25) is 4.79 Å². The lowest BCUT2D eigenvalue weighted by Gasteiger charge is -2.25. The fourth-order valence-electron chi connectivity index (χ4n) is 2.31. The molecule has 2 nitrogen and oxygen atoms in total. The summed E-state index contributed by atoms with van der Waals surface area (Å²) in [7, 11) is 0. The first kappa shape index (κ1) is 12.1. The molecule has 1 saturated carbocycles. The summed E-state index contributed by atoms with van der Waals surface area (Å²) in [5.41, 5.74) is 0.181. The number of carbonyl (C=O) groups excluding carboxylic acids is 1. The molecule has 84 valence electrons. The quantitative estimate of drug-likeness (QED) is 0.558. The minimum Gasteiger partial charge on any atom is -0.355 e. The Kier molecular flexibility index (Phi) is 4.20. The topological polar surface area (TPSA) is 29.1 Å². The van der Waals surface area contributed by atoms with Crippen molar-refractivity contribution in [3.63, 3.8) is 0 Å². The van der Waals surface area contributed by atoms with Crippen LogP contribution in [0.3, 0.4) is 0 Å². The Hall–Kier alpha value is -0.970. The average molecular weight is 207 g/mol. The first-order valence-corrected chi connectivity index (χ1v) is 5.75. The summed E-state index contributed by atoms with van der Waals surface area (Å²) >= 11 is 0. The van der Waals surface area contributed by atoms with Gasteiger partial charge in [0.2, 0.25) is 5.91 Å². The predicted octanol–water partition coefficient (Wildman–Crippen LogP) is 2.34. The van der Waals surface area contributed by atoms with E-state index in [-0.39, 0.29) is 17.2 Å². The highest BCUT2D eigenvalue weighted by Crippen LogP contribution is 2.42. The van der Waals surface area contributed by atoms with Gasteiger partial charge in [-0.05, 0) is 25.2 Å². The Morgan fingerprint density at radius 2 is 2.27 bits per heavy atom. The Morgan fingerprint density at radius 3 is 2.80 bits per heavy atom. The molecule has 0 bridgehead atoms. The number of carbonyl (C=O) groups is 1. The standard InChI is InChI=1S/C13H21NO/c1-4-5-6-10-14-12(15)11-8-7-9-13(11,2)3/h11H,6-10H2,1-3H3,(H,14,15). The van der Waals surface area contributed by atoms with Crippen LogP contribution < -0.4 is 5.32 Å². The van der Waals surface area contributed by atoms with Crippen LogP contribution in [0.1, 0.15) is 46.5 Å². The van der Waals surface area contributed by atoms with E-state index in [9.17, 15) is 4.79 Å². The van der Waals surface area contributed by atoms with Gasteiger partial charge in [0.05, 0.1) is 0 Å². The molecule has 0 aromatic heterocycles. The molecule has 0 aromatic rings. The van der Waals surface area contributed by atoms with Gasteiger partial charge in [0.1, 0.15) is 0 Å². The van der Waals surface area contributed by atoms with E-state index >= 15 is 0 Å². The van der Waals surface area contributed by atoms with Gasteiger partial charge < -0.3 is 5.32 Å². The molecule has 1 atom stereocenters. The minimum atomic E-state index is 0.181. The van der Waals surface area contributed by atoms with Crippen molar-refractivity contribution in [2.45, 2.75) is 46.5 Å². The van der Waals surface area contributed by atoms with Gasteiger partial charge in [0, 0.05) is 18.9 Å². The van der Waals surface area contributed by atoms with E-state index in [0.717, 1.165) is 12.8 Å². The molecule has 0 radical (unpaired) electrons. The van der Waals surface area contributed by atoms with Gasteiger partial charge in [-0.15, -0.1) is 11.8 Å². The molecule has 0 spiro atoms. The average Bonchev–Trinajstić information content (AvgIpc) is 2.52. The molecule has 1 aliphatic carbocycles. The van der Waals surface area contributed by atoms with E-state index in [4.69, 9.17) is 0 Å². The second-order valence-electron chi connectivity index (χ2n) is 4.90. The predicted molar refractivity (Wildman–Crippen MR) is 62.2 cm³/mol. The van der Waals surface area contributed by atoms with Crippen LogP contribution in [0, 0.1) is 23.2 Å². The first-order valence-electron chi connectivity index (χ1n) is 5.75. The third-order valence-corrected chi connectivity index (χ3v) is 3.30. The SMILES string of the molecule is CC#CCCNC(=O)C1CCCC1(C)C. The lowest BCUT2D eigenvalue weighted by molar-refractivity contribution is -0.127. The van der Waals surface area contributed by atoms with Crippen LogP contribution in [0.4, 0.5) is 0 Å².